The summed E-state index contributed by atoms with van der Waals surface area (Å²) in [5, 5.41) is 41.5. The first-order valence-electron chi connectivity index (χ1n) is 21.4. The molecule has 2 aliphatic carbocycles. The van der Waals surface area contributed by atoms with Gasteiger partial charge in [0, 0.05) is 65.3 Å². The predicted molar refractivity (Wildman–Crippen MR) is 243 cm³/mol. The fourth-order valence-electron chi connectivity index (χ4n) is 9.07. The number of nitrogens with one attached hydrogen (secondary N) is 1. The molecule has 3 aliphatic rings. The lowest BCUT2D eigenvalue weighted by molar-refractivity contribution is -0.114. The SMILES string of the molecule is NC(N)c1cc2c3cc1CSSCC1CCC(CCCCC(O)CO)(C=CC(=O)CCc4ccc(O)c(c4)OCCc4ccc(O)c(c4)C3CC(=O)c3cc[nH]c3CC#C2)C1. The number of ketones is 2. The van der Waals surface area contributed by atoms with E-state index in [4.69, 9.17) is 16.2 Å². The van der Waals surface area contributed by atoms with Gasteiger partial charge in [-0.05, 0) is 114 Å². The molecular formula is C49H57N3O7S2. The molecule has 0 spiro atoms. The highest BCUT2D eigenvalue weighted by atomic mass is 33.1. The van der Waals surface area contributed by atoms with Crippen LogP contribution in [0.2, 0.25) is 0 Å². The zero-order chi connectivity index (χ0) is 42.9. The lowest BCUT2D eigenvalue weighted by Gasteiger charge is -2.26. The normalized spacial score (nSPS) is 21.7. The van der Waals surface area contributed by atoms with E-state index in [2.05, 4.69) is 29.0 Å². The van der Waals surface area contributed by atoms with Crippen molar-refractivity contribution in [3.05, 3.63) is 123 Å². The third-order valence-electron chi connectivity index (χ3n) is 12.5. The third-order valence-corrected chi connectivity index (χ3v) is 15.0. The minimum atomic E-state index is -0.755. The van der Waals surface area contributed by atoms with E-state index in [-0.39, 0.29) is 48.1 Å². The van der Waals surface area contributed by atoms with E-state index in [1.54, 1.807) is 47.3 Å². The number of allylic oxidation sites excluding steroid dienone is 2. The minimum absolute atomic E-state index is 0.00789. The molecule has 1 aliphatic heterocycles. The Hall–Kier alpha value is -4.48. The second-order valence-corrected chi connectivity index (χ2v) is 19.4. The number of Topliss-reactive ketones (excluding diaryl/α,β-unsaturated/α-hetero) is 1. The summed E-state index contributed by atoms with van der Waals surface area (Å²) in [6.45, 7) is -0.00397. The molecule has 10 nitrogen and oxygen atoms in total. The number of aromatic nitrogens is 1. The van der Waals surface area contributed by atoms with Crippen LogP contribution in [0.1, 0.15) is 125 Å². The summed E-state index contributed by atoms with van der Waals surface area (Å²) in [4.78, 5) is 30.6. The van der Waals surface area contributed by atoms with Crippen molar-refractivity contribution in [2.24, 2.45) is 22.8 Å². The Balaban J connectivity index is 1.23. The number of H-pyrrole nitrogens is 1. The molecule has 4 aromatic rings. The molecule has 12 heteroatoms. The number of aliphatic hydroxyl groups is 2. The van der Waals surface area contributed by atoms with Crippen molar-refractivity contribution in [1.29, 1.82) is 0 Å². The Morgan fingerprint density at radius 1 is 0.951 bits per heavy atom. The Labute approximate surface area is 366 Å². The lowest BCUT2D eigenvalue weighted by atomic mass is 9.79. The van der Waals surface area contributed by atoms with Gasteiger partial charge in [-0.15, -0.1) is 0 Å². The number of rotatable bonds is 7. The molecule has 1 saturated carbocycles. The zero-order valence-electron chi connectivity index (χ0n) is 34.5. The van der Waals surface area contributed by atoms with E-state index in [0.717, 1.165) is 77.8 Å². The van der Waals surface area contributed by atoms with Gasteiger partial charge in [-0.1, -0.05) is 76.6 Å². The summed E-state index contributed by atoms with van der Waals surface area (Å²) in [6, 6.07) is 16.5. The van der Waals surface area contributed by atoms with Crippen LogP contribution in [0.15, 0.2) is 72.9 Å². The monoisotopic (exact) mass is 863 g/mol. The smallest absolute Gasteiger partial charge is 0.165 e. The third kappa shape index (κ3) is 11.3. The van der Waals surface area contributed by atoms with E-state index < -0.39 is 18.2 Å². The number of carbonyl (C=O) groups excluding carboxylic acids is 2. The van der Waals surface area contributed by atoms with Crippen LogP contribution in [0.5, 0.6) is 17.2 Å². The highest BCUT2D eigenvalue weighted by Crippen LogP contribution is 2.49. The lowest BCUT2D eigenvalue weighted by Crippen LogP contribution is -2.22. The van der Waals surface area contributed by atoms with Gasteiger partial charge in [-0.25, -0.2) is 0 Å². The molecule has 1 aromatic heterocycles. The molecule has 0 saturated heterocycles. The number of aliphatic hydroxyl groups excluding tert-OH is 2. The van der Waals surface area contributed by atoms with Gasteiger partial charge in [0.05, 0.1) is 31.9 Å². The second kappa shape index (κ2) is 20.6. The molecule has 3 aromatic carbocycles. The highest BCUT2D eigenvalue weighted by molar-refractivity contribution is 8.76. The summed E-state index contributed by atoms with van der Waals surface area (Å²) in [5.41, 5.74) is 19.7. The Bertz CT molecular complexity index is 2290. The van der Waals surface area contributed by atoms with Gasteiger partial charge in [-0.3, -0.25) is 9.59 Å². The molecule has 9 N–H and O–H groups in total. The number of ether oxygens (including phenoxy) is 1. The number of phenolic OH excluding ortho intramolecular Hbond substituents is 2. The van der Waals surface area contributed by atoms with Crippen molar-refractivity contribution >= 4 is 33.2 Å². The van der Waals surface area contributed by atoms with Crippen LogP contribution in [-0.2, 0) is 29.8 Å². The molecule has 7 rings (SSSR count). The van der Waals surface area contributed by atoms with Gasteiger partial charge in [0.25, 0.3) is 0 Å². The average molecular weight is 864 g/mol. The highest BCUT2D eigenvalue weighted by Gasteiger charge is 2.37. The quantitative estimate of drug-likeness (QED) is 0.0413. The number of phenols is 2. The number of fused-ring (bicyclic) bond motifs is 9. The largest absolute Gasteiger partial charge is 0.508 e. The van der Waals surface area contributed by atoms with Crippen molar-refractivity contribution in [2.45, 2.75) is 101 Å². The molecule has 61 heavy (non-hydrogen) atoms. The number of benzene rings is 3. The van der Waals surface area contributed by atoms with Gasteiger partial charge in [-0.2, -0.15) is 0 Å². The second-order valence-electron chi connectivity index (χ2n) is 16.9. The Morgan fingerprint density at radius 2 is 1.77 bits per heavy atom. The number of carbonyl (C=O) groups is 2. The number of aryl methyl sites for hydroxylation is 1. The van der Waals surface area contributed by atoms with Crippen molar-refractivity contribution in [1.82, 2.24) is 4.98 Å². The van der Waals surface area contributed by atoms with Gasteiger partial charge >= 0.3 is 0 Å². The van der Waals surface area contributed by atoms with E-state index in [9.17, 15) is 30.0 Å². The summed E-state index contributed by atoms with van der Waals surface area (Å²) in [7, 11) is 3.56. The number of aromatic amines is 1. The van der Waals surface area contributed by atoms with E-state index >= 15 is 0 Å². The van der Waals surface area contributed by atoms with Crippen LogP contribution >= 0.6 is 21.6 Å². The maximum absolute atomic E-state index is 14.1. The van der Waals surface area contributed by atoms with Crippen LogP contribution in [0, 0.1) is 23.2 Å². The first-order valence-corrected chi connectivity index (χ1v) is 23.9. The molecule has 0 radical (unpaired) electrons. The first kappa shape index (κ1) is 44.6. The summed E-state index contributed by atoms with van der Waals surface area (Å²) in [6.07, 6.45) is 12.1. The van der Waals surface area contributed by atoms with Gasteiger partial charge in [0.1, 0.15) is 5.75 Å². The molecule has 322 valence electrons. The van der Waals surface area contributed by atoms with Gasteiger partial charge in [0.2, 0.25) is 0 Å². The molecular weight excluding hydrogens is 807 g/mol. The molecule has 0 amide bonds. The van der Waals surface area contributed by atoms with Crippen LogP contribution in [0.4, 0.5) is 0 Å². The topological polar surface area (TPSA) is 192 Å². The van der Waals surface area contributed by atoms with Crippen LogP contribution in [0.25, 0.3) is 0 Å². The summed E-state index contributed by atoms with van der Waals surface area (Å²) >= 11 is 0. The molecule has 8 bridgehead atoms. The fourth-order valence-corrected chi connectivity index (χ4v) is 11.6. The Morgan fingerprint density at radius 3 is 2.59 bits per heavy atom. The maximum atomic E-state index is 14.1. The van der Waals surface area contributed by atoms with Crippen molar-refractivity contribution in [3.63, 3.8) is 0 Å². The van der Waals surface area contributed by atoms with Crippen molar-refractivity contribution < 1.29 is 34.8 Å². The Kier molecular flexibility index (Phi) is 15.0. The maximum Gasteiger partial charge on any atom is 0.165 e. The van der Waals surface area contributed by atoms with Gasteiger partial charge < -0.3 is 41.6 Å². The minimum Gasteiger partial charge on any atom is -0.508 e. The molecule has 4 atom stereocenters. The fraction of sp³-hybridized carbons (Fsp3) is 0.429. The molecule has 2 heterocycles. The molecule has 1 fully saturated rings. The predicted octanol–water partition coefficient (Wildman–Crippen LogP) is 7.93. The number of nitrogens with two attached hydrogens (primary N) is 2. The van der Waals surface area contributed by atoms with Crippen LogP contribution in [0.3, 0.4) is 0 Å². The summed E-state index contributed by atoms with van der Waals surface area (Å²) < 4.78 is 6.12. The van der Waals surface area contributed by atoms with E-state index in [1.807, 2.05) is 35.1 Å². The van der Waals surface area contributed by atoms with Crippen molar-refractivity contribution in [3.8, 4) is 29.1 Å². The van der Waals surface area contributed by atoms with Crippen molar-refractivity contribution in [2.75, 3.05) is 19.0 Å². The number of hydrogen-bond donors (Lipinski definition) is 7. The zero-order valence-corrected chi connectivity index (χ0v) is 36.2. The standard InChI is InChI=1S/C49H57N3O7S2/c50-48(51)40-24-34-4-3-6-43-38(15-20-52-43)46(58)26-41-39(34)25-35(40)30-61-60-29-33-13-18-49(27-33,17-2-1-5-37(55)28-53)19-14-36(54)10-7-31-9-12-45(57)47(23-31)59-21-16-32-8-11-44(56)42(41)22-32/h8-9,11-12,14-15,19-20,22-25,33,37,41,48,52-53,55-57H,1-2,5-7,10,13,16-18,21,26-30,50-51H2. The number of aromatic hydroxyl groups is 2. The molecule has 4 unspecified atom stereocenters. The average Bonchev–Trinajstić information content (AvgIpc) is 3.90. The number of hydrogen-bond acceptors (Lipinski definition) is 11. The van der Waals surface area contributed by atoms with Crippen LogP contribution in [-0.4, -0.2) is 62.0 Å². The van der Waals surface area contributed by atoms with E-state index in [0.29, 0.717) is 66.2 Å². The van der Waals surface area contributed by atoms with Gasteiger partial charge in [0.15, 0.2) is 23.1 Å². The first-order chi connectivity index (χ1) is 29.5. The van der Waals surface area contributed by atoms with E-state index in [1.165, 1.54) is 0 Å². The number of unbranched alkanes of at least 4 members (excludes halogenated alkanes) is 1. The summed E-state index contributed by atoms with van der Waals surface area (Å²) in [5.74, 6) is 8.51. The van der Waals surface area contributed by atoms with Crippen LogP contribution < -0.4 is 16.2 Å².